The van der Waals surface area contributed by atoms with E-state index in [-0.39, 0.29) is 20.1 Å². The molecule has 1 heterocycles. The molecule has 4 rings (SSSR count). The second-order valence-electron chi connectivity index (χ2n) is 5.31. The first-order valence-electron chi connectivity index (χ1n) is 7.09. The molecule has 0 N–H and O–H groups in total. The molecule has 0 bridgehead atoms. The summed E-state index contributed by atoms with van der Waals surface area (Å²) in [7, 11) is 0. The number of nitrogens with zero attached hydrogens (tertiary/aromatic N) is 1. The van der Waals surface area contributed by atoms with Gasteiger partial charge in [-0.15, -0.1) is 17.5 Å². The van der Waals surface area contributed by atoms with Crippen LogP contribution in [0.5, 0.6) is 0 Å². The summed E-state index contributed by atoms with van der Waals surface area (Å²) in [6.45, 7) is 2.09. The first kappa shape index (κ1) is 14.9. The minimum absolute atomic E-state index is 0. The fraction of sp³-hybridized carbons (Fsp3) is 0.0500. The van der Waals surface area contributed by atoms with E-state index in [2.05, 4.69) is 72.6 Å². The Hall–Kier alpha value is -2.02. The SMILES string of the molecule is Cc1ccnc(-c2[c-]c3ccccc3c3ccccc23)c1.[Ir]. The van der Waals surface area contributed by atoms with Crippen LogP contribution in [-0.4, -0.2) is 4.98 Å². The molecule has 1 aromatic heterocycles. The van der Waals surface area contributed by atoms with Crippen molar-refractivity contribution in [1.29, 1.82) is 0 Å². The summed E-state index contributed by atoms with van der Waals surface area (Å²) >= 11 is 0. The van der Waals surface area contributed by atoms with Crippen LogP contribution in [-0.2, 0) is 20.1 Å². The van der Waals surface area contributed by atoms with Gasteiger partial charge in [-0.3, -0.25) is 4.98 Å². The van der Waals surface area contributed by atoms with Gasteiger partial charge in [0.1, 0.15) is 0 Å². The number of hydrogen-bond acceptors (Lipinski definition) is 1. The third-order valence-electron chi connectivity index (χ3n) is 3.84. The zero-order valence-electron chi connectivity index (χ0n) is 12.1. The van der Waals surface area contributed by atoms with E-state index < -0.39 is 0 Å². The van der Waals surface area contributed by atoms with Crippen molar-refractivity contribution in [2.75, 3.05) is 0 Å². The predicted octanol–water partition coefficient (Wildman–Crippen LogP) is 5.16. The first-order chi connectivity index (χ1) is 10.3. The van der Waals surface area contributed by atoms with Gasteiger partial charge >= 0.3 is 0 Å². The number of aromatic nitrogens is 1. The number of pyridine rings is 1. The molecule has 1 nitrogen and oxygen atoms in total. The van der Waals surface area contributed by atoms with Crippen molar-refractivity contribution in [3.63, 3.8) is 0 Å². The van der Waals surface area contributed by atoms with Crippen molar-refractivity contribution >= 4 is 21.5 Å². The van der Waals surface area contributed by atoms with E-state index >= 15 is 0 Å². The Morgan fingerprint density at radius 3 is 2.27 bits per heavy atom. The number of aryl methyl sites for hydroxylation is 1. The van der Waals surface area contributed by atoms with Gasteiger partial charge in [0.15, 0.2) is 0 Å². The van der Waals surface area contributed by atoms with E-state index in [1.807, 2.05) is 12.3 Å². The fourth-order valence-electron chi connectivity index (χ4n) is 2.84. The number of rotatable bonds is 1. The second kappa shape index (κ2) is 6.00. The number of hydrogen-bond donors (Lipinski definition) is 0. The molecule has 0 fully saturated rings. The van der Waals surface area contributed by atoms with Gasteiger partial charge in [0.2, 0.25) is 0 Å². The van der Waals surface area contributed by atoms with Crippen LogP contribution in [0.25, 0.3) is 32.8 Å². The summed E-state index contributed by atoms with van der Waals surface area (Å²) in [4.78, 5) is 4.54. The Balaban J connectivity index is 0.00000144. The molecule has 0 unspecified atom stereocenters. The average Bonchev–Trinajstić information content (AvgIpc) is 2.54. The third kappa shape index (κ3) is 2.45. The molecule has 0 spiro atoms. The summed E-state index contributed by atoms with van der Waals surface area (Å²) in [5.74, 6) is 0. The van der Waals surface area contributed by atoms with E-state index in [4.69, 9.17) is 0 Å². The Labute approximate surface area is 143 Å². The fourth-order valence-corrected chi connectivity index (χ4v) is 2.84. The van der Waals surface area contributed by atoms with Gasteiger partial charge in [-0.2, -0.15) is 0 Å². The molecular formula is C20H14IrN-. The Kier molecular flexibility index (Phi) is 4.06. The van der Waals surface area contributed by atoms with E-state index in [0.717, 1.165) is 16.6 Å². The Morgan fingerprint density at radius 1 is 0.818 bits per heavy atom. The summed E-state index contributed by atoms with van der Waals surface area (Å²) in [6.07, 6.45) is 1.86. The molecule has 4 aromatic rings. The van der Waals surface area contributed by atoms with Crippen LogP contribution in [0.1, 0.15) is 5.56 Å². The molecule has 3 aromatic carbocycles. The van der Waals surface area contributed by atoms with Gasteiger partial charge in [-0.1, -0.05) is 75.8 Å². The molecule has 0 aliphatic carbocycles. The van der Waals surface area contributed by atoms with Gasteiger partial charge in [0.05, 0.1) is 0 Å². The van der Waals surface area contributed by atoms with E-state index in [1.54, 1.807) is 0 Å². The zero-order chi connectivity index (χ0) is 14.2. The van der Waals surface area contributed by atoms with Crippen LogP contribution in [0.15, 0.2) is 66.9 Å². The molecule has 2 heteroatoms. The summed E-state index contributed by atoms with van der Waals surface area (Å²) in [6, 6.07) is 24.6. The van der Waals surface area contributed by atoms with Gasteiger partial charge in [0.25, 0.3) is 0 Å². The largest absolute Gasteiger partial charge is 0.295 e. The molecule has 0 aliphatic rings. The zero-order valence-corrected chi connectivity index (χ0v) is 14.5. The van der Waals surface area contributed by atoms with Crippen molar-refractivity contribution in [3.05, 3.63) is 78.5 Å². The van der Waals surface area contributed by atoms with Crippen molar-refractivity contribution in [2.45, 2.75) is 6.92 Å². The molecule has 1 radical (unpaired) electrons. The van der Waals surface area contributed by atoms with Crippen LogP contribution in [0, 0.1) is 13.0 Å². The van der Waals surface area contributed by atoms with Crippen LogP contribution in [0.3, 0.4) is 0 Å². The van der Waals surface area contributed by atoms with E-state index in [0.29, 0.717) is 0 Å². The maximum Gasteiger partial charge on any atom is 0.0185 e. The maximum absolute atomic E-state index is 4.54. The van der Waals surface area contributed by atoms with Crippen LogP contribution < -0.4 is 0 Å². The standard InChI is InChI=1S/C20H14N.Ir/c1-14-10-11-21-20(12-14)19-13-15-6-2-3-7-16(15)17-8-4-5-9-18(17)19;/h2-12H,1H3;/q-1;. The van der Waals surface area contributed by atoms with Crippen molar-refractivity contribution < 1.29 is 20.1 Å². The van der Waals surface area contributed by atoms with Gasteiger partial charge in [-0.05, 0) is 13.0 Å². The van der Waals surface area contributed by atoms with Crippen LogP contribution in [0.2, 0.25) is 0 Å². The summed E-state index contributed by atoms with van der Waals surface area (Å²) in [5.41, 5.74) is 3.27. The molecule has 22 heavy (non-hydrogen) atoms. The molecule has 0 amide bonds. The molecule has 0 aliphatic heterocycles. The van der Waals surface area contributed by atoms with Crippen molar-refractivity contribution in [1.82, 2.24) is 4.98 Å². The van der Waals surface area contributed by atoms with Crippen molar-refractivity contribution in [2.24, 2.45) is 0 Å². The predicted molar refractivity (Wildman–Crippen MR) is 88.3 cm³/mol. The molecule has 0 saturated carbocycles. The minimum atomic E-state index is 0. The van der Waals surface area contributed by atoms with Gasteiger partial charge < -0.3 is 0 Å². The normalized spacial score (nSPS) is 10.6. The van der Waals surface area contributed by atoms with Crippen molar-refractivity contribution in [3.8, 4) is 11.3 Å². The molecular weight excluding hydrogens is 446 g/mol. The van der Waals surface area contributed by atoms with E-state index in [1.165, 1.54) is 21.7 Å². The maximum atomic E-state index is 4.54. The number of fused-ring (bicyclic) bond motifs is 3. The van der Waals surface area contributed by atoms with Gasteiger partial charge in [0, 0.05) is 32.0 Å². The molecule has 109 valence electrons. The van der Waals surface area contributed by atoms with Crippen LogP contribution >= 0.6 is 0 Å². The minimum Gasteiger partial charge on any atom is -0.295 e. The Bertz CT molecular complexity index is 960. The molecule has 0 atom stereocenters. The number of benzene rings is 3. The topological polar surface area (TPSA) is 12.9 Å². The van der Waals surface area contributed by atoms with Gasteiger partial charge in [-0.25, -0.2) is 0 Å². The van der Waals surface area contributed by atoms with Crippen LogP contribution in [0.4, 0.5) is 0 Å². The first-order valence-corrected chi connectivity index (χ1v) is 7.09. The monoisotopic (exact) mass is 461 g/mol. The Morgan fingerprint density at radius 2 is 1.50 bits per heavy atom. The summed E-state index contributed by atoms with van der Waals surface area (Å²) in [5, 5.41) is 4.83. The molecule has 0 saturated heterocycles. The van der Waals surface area contributed by atoms with E-state index in [9.17, 15) is 0 Å². The third-order valence-corrected chi connectivity index (χ3v) is 3.84. The second-order valence-corrected chi connectivity index (χ2v) is 5.31. The quantitative estimate of drug-likeness (QED) is 0.282. The summed E-state index contributed by atoms with van der Waals surface area (Å²) < 4.78 is 0. The average molecular weight is 461 g/mol. The smallest absolute Gasteiger partial charge is 0.0185 e.